The van der Waals surface area contributed by atoms with Gasteiger partial charge in [0.2, 0.25) is 0 Å². The van der Waals surface area contributed by atoms with Crippen LogP contribution in [-0.2, 0) is 16.0 Å². The fourth-order valence-electron chi connectivity index (χ4n) is 10.1. The van der Waals surface area contributed by atoms with E-state index in [9.17, 15) is 14.4 Å². The van der Waals surface area contributed by atoms with Gasteiger partial charge in [-0.3, -0.25) is 29.3 Å². The molecular formula is C50H56N12O5. The maximum Gasteiger partial charge on any atom is 0.276 e. The number of ether oxygens (including phenoxy) is 2. The van der Waals surface area contributed by atoms with Gasteiger partial charge in [-0.25, -0.2) is 19.0 Å². The zero-order chi connectivity index (χ0) is 45.9. The lowest BCUT2D eigenvalue weighted by molar-refractivity contribution is 0.0831. The highest BCUT2D eigenvalue weighted by molar-refractivity contribution is 5.88. The first-order valence-corrected chi connectivity index (χ1v) is 23.5. The van der Waals surface area contributed by atoms with Gasteiger partial charge in [0, 0.05) is 117 Å². The summed E-state index contributed by atoms with van der Waals surface area (Å²) in [4.78, 5) is 61.3. The number of hydrogen-bond acceptors (Lipinski definition) is 13. The zero-order valence-electron chi connectivity index (χ0n) is 37.9. The number of nitrogens with zero attached hydrogens (tertiary/aromatic N) is 9. The van der Waals surface area contributed by atoms with Crippen molar-refractivity contribution < 1.29 is 14.3 Å². The van der Waals surface area contributed by atoms with Crippen LogP contribution in [0.4, 0.5) is 0 Å². The normalized spacial score (nSPS) is 21.6. The van der Waals surface area contributed by atoms with Crippen molar-refractivity contribution in [2.24, 2.45) is 11.8 Å². The van der Waals surface area contributed by atoms with Crippen LogP contribution < -0.4 is 16.4 Å². The summed E-state index contributed by atoms with van der Waals surface area (Å²) >= 11 is 0. The highest BCUT2D eigenvalue weighted by Crippen LogP contribution is 2.33. The molecule has 0 bridgehead atoms. The van der Waals surface area contributed by atoms with Crippen molar-refractivity contribution in [3.63, 3.8) is 0 Å². The molecule has 8 aromatic rings. The lowest BCUT2D eigenvalue weighted by Gasteiger charge is -2.21. The molecule has 67 heavy (non-hydrogen) atoms. The van der Waals surface area contributed by atoms with E-state index in [1.165, 1.54) is 10.9 Å². The Morgan fingerprint density at radius 1 is 0.642 bits per heavy atom. The Kier molecular flexibility index (Phi) is 13.1. The van der Waals surface area contributed by atoms with E-state index in [1.807, 2.05) is 30.6 Å². The predicted molar refractivity (Wildman–Crippen MR) is 254 cm³/mol. The fourth-order valence-corrected chi connectivity index (χ4v) is 10.1. The number of likely N-dealkylation sites (tertiary alicyclic amines) is 1. The third-order valence-corrected chi connectivity index (χ3v) is 13.9. The number of benzene rings is 2. The number of imidazole rings is 2. The minimum absolute atomic E-state index is 0.102. The predicted octanol–water partition coefficient (Wildman–Crippen LogP) is 5.78. The summed E-state index contributed by atoms with van der Waals surface area (Å²) in [6.45, 7) is 11.9. The molecule has 4 aliphatic rings. The van der Waals surface area contributed by atoms with E-state index in [-0.39, 0.29) is 28.9 Å². The number of pyridine rings is 2. The number of fused-ring (bicyclic) bond motifs is 4. The van der Waals surface area contributed by atoms with Gasteiger partial charge in [0.05, 0.1) is 12.4 Å². The molecule has 17 nitrogen and oxygen atoms in total. The second-order valence-corrected chi connectivity index (χ2v) is 18.5. The van der Waals surface area contributed by atoms with Crippen molar-refractivity contribution in [3.8, 4) is 0 Å². The minimum atomic E-state index is -0.111. The van der Waals surface area contributed by atoms with Crippen LogP contribution in [0.25, 0.3) is 32.6 Å². The molecule has 10 heterocycles. The van der Waals surface area contributed by atoms with Crippen LogP contribution in [0.1, 0.15) is 102 Å². The quantitative estimate of drug-likeness (QED) is 0.163. The summed E-state index contributed by atoms with van der Waals surface area (Å²) in [6, 6.07) is 16.0. The number of aldehydes is 1. The average Bonchev–Trinajstić information content (AvgIpc) is 4.19. The Hall–Kier alpha value is -6.53. The largest absolute Gasteiger partial charge is 0.381 e. The molecule has 12 rings (SSSR count). The summed E-state index contributed by atoms with van der Waals surface area (Å²) in [7, 11) is 0. The zero-order valence-corrected chi connectivity index (χ0v) is 37.9. The van der Waals surface area contributed by atoms with Crippen molar-refractivity contribution in [1.29, 1.82) is 0 Å². The van der Waals surface area contributed by atoms with Gasteiger partial charge in [0.25, 0.3) is 11.1 Å². The van der Waals surface area contributed by atoms with Crippen LogP contribution in [0.15, 0.2) is 95.3 Å². The number of H-pyrrole nitrogens is 2. The maximum absolute atomic E-state index is 12.9. The van der Waals surface area contributed by atoms with Gasteiger partial charge in [-0.2, -0.15) is 10.2 Å². The first-order chi connectivity index (χ1) is 32.8. The Labute approximate surface area is 386 Å². The monoisotopic (exact) mass is 904 g/mol. The molecular weight excluding hydrogens is 849 g/mol. The van der Waals surface area contributed by atoms with Crippen molar-refractivity contribution in [2.45, 2.75) is 69.7 Å². The van der Waals surface area contributed by atoms with Gasteiger partial charge >= 0.3 is 0 Å². The first-order valence-electron chi connectivity index (χ1n) is 23.5. The molecule has 0 aliphatic carbocycles. The number of nitrogens with one attached hydrogen (secondary N) is 3. The number of carbonyl (C=O) groups is 1. The Balaban J connectivity index is 0.000000132. The van der Waals surface area contributed by atoms with Crippen LogP contribution in [0.3, 0.4) is 0 Å². The van der Waals surface area contributed by atoms with Crippen molar-refractivity contribution in [3.05, 3.63) is 141 Å². The summed E-state index contributed by atoms with van der Waals surface area (Å²) in [5, 5.41) is 17.5. The standard InChI is InChI=1S/C25H28N6O2.C15H21N5O2.C10H7NO/c1-16-13-30(14-17-2-3-20-11-26-7-4-19(20)10-17)15-21(16)23-28-25(32)22-12-27-24(31(22)29-23)18-5-8-33-9-6-18;1-9-6-16-7-11(9)13-18-15(21)12-8-17-14(20(12)19-13)10-2-4-22-5-3-10;12-7-8-1-2-10-6-11-4-3-9(10)5-8/h2-4,7,10-12,16,18,21H,5-6,8-9,13-15H2,1H3,(H,28,29,32);8-11,16H,2-7H2,1H3,(H,18,19,21);1-7H. The van der Waals surface area contributed by atoms with E-state index in [0.717, 1.165) is 131 Å². The topological polar surface area (TPSA) is 203 Å². The highest BCUT2D eigenvalue weighted by atomic mass is 16.5. The molecule has 4 atom stereocenters. The molecule has 0 amide bonds. The molecule has 346 valence electrons. The van der Waals surface area contributed by atoms with Gasteiger partial charge in [-0.1, -0.05) is 38.1 Å². The molecule has 2 aromatic carbocycles. The summed E-state index contributed by atoms with van der Waals surface area (Å²) in [5.41, 5.74) is 2.83. The van der Waals surface area contributed by atoms with E-state index in [2.05, 4.69) is 78.2 Å². The number of aromatic amines is 2. The van der Waals surface area contributed by atoms with Crippen LogP contribution >= 0.6 is 0 Å². The fraction of sp³-hybridized carbons (Fsp3) is 0.420. The highest BCUT2D eigenvalue weighted by Gasteiger charge is 2.34. The van der Waals surface area contributed by atoms with Crippen LogP contribution in [-0.4, -0.2) is 113 Å². The summed E-state index contributed by atoms with van der Waals surface area (Å²) in [5.74, 6) is 5.19. The molecule has 6 aromatic heterocycles. The lowest BCUT2D eigenvalue weighted by atomic mass is 9.97. The van der Waals surface area contributed by atoms with Gasteiger partial charge in [0.15, 0.2) is 11.0 Å². The van der Waals surface area contributed by atoms with Crippen molar-refractivity contribution in [1.82, 2.24) is 59.3 Å². The SMILES string of the molecule is CC1CN(Cc2ccc3cnccc3c2)CC1c1nn2c(C3CCOCC3)ncc2c(=O)[nH]1.CC1CNCC1c1nn2c(C3CCOCC3)ncc2c(=O)[nH]1.O=Cc1ccc2cnccc2c1. The van der Waals surface area contributed by atoms with E-state index in [4.69, 9.17) is 19.7 Å². The molecule has 4 unspecified atom stereocenters. The number of hydrogen-bond donors (Lipinski definition) is 3. The van der Waals surface area contributed by atoms with Gasteiger partial charge < -0.3 is 24.8 Å². The van der Waals surface area contributed by atoms with Gasteiger partial charge in [0.1, 0.15) is 29.6 Å². The molecule has 4 aliphatic heterocycles. The molecule has 3 N–H and O–H groups in total. The number of aromatic nitrogens is 10. The van der Waals surface area contributed by atoms with Gasteiger partial charge in [-0.05, 0) is 84.7 Å². The summed E-state index contributed by atoms with van der Waals surface area (Å²) < 4.78 is 14.5. The molecule has 4 saturated heterocycles. The Bertz CT molecular complexity index is 3130. The van der Waals surface area contributed by atoms with E-state index in [0.29, 0.717) is 34.4 Å². The Morgan fingerprint density at radius 3 is 1.78 bits per heavy atom. The smallest absolute Gasteiger partial charge is 0.276 e. The van der Waals surface area contributed by atoms with Crippen LogP contribution in [0, 0.1) is 11.8 Å². The molecule has 0 radical (unpaired) electrons. The maximum atomic E-state index is 12.9. The lowest BCUT2D eigenvalue weighted by Crippen LogP contribution is -2.24. The second-order valence-electron chi connectivity index (χ2n) is 18.5. The Morgan fingerprint density at radius 2 is 1.21 bits per heavy atom. The van der Waals surface area contributed by atoms with Crippen molar-refractivity contribution in [2.75, 3.05) is 52.6 Å². The van der Waals surface area contributed by atoms with E-state index in [1.54, 1.807) is 39.9 Å². The third-order valence-electron chi connectivity index (χ3n) is 13.9. The molecule has 0 spiro atoms. The van der Waals surface area contributed by atoms with Crippen LogP contribution in [0.2, 0.25) is 0 Å². The van der Waals surface area contributed by atoms with Crippen molar-refractivity contribution >= 4 is 38.9 Å². The molecule has 0 saturated carbocycles. The van der Waals surface area contributed by atoms with E-state index >= 15 is 0 Å². The number of rotatable bonds is 7. The first kappa shape index (κ1) is 44.3. The third kappa shape index (κ3) is 9.54. The molecule has 17 heteroatoms. The van der Waals surface area contributed by atoms with Crippen LogP contribution in [0.5, 0.6) is 0 Å². The second kappa shape index (κ2) is 19.7. The molecule has 4 fully saturated rings. The average molecular weight is 905 g/mol. The van der Waals surface area contributed by atoms with E-state index < -0.39 is 0 Å². The summed E-state index contributed by atoms with van der Waals surface area (Å²) in [6.07, 6.45) is 15.1. The van der Waals surface area contributed by atoms with Gasteiger partial charge in [-0.15, -0.1) is 0 Å². The minimum Gasteiger partial charge on any atom is -0.381 e. The number of carbonyl (C=O) groups excluding carboxylic acids is 1.